The zero-order valence-corrected chi connectivity index (χ0v) is 13.7. The van der Waals surface area contributed by atoms with Crippen LogP contribution in [-0.2, 0) is 0 Å². The van der Waals surface area contributed by atoms with Gasteiger partial charge < -0.3 is 15.7 Å². The van der Waals surface area contributed by atoms with Crippen molar-refractivity contribution in [3.63, 3.8) is 0 Å². The van der Waals surface area contributed by atoms with E-state index in [9.17, 15) is 14.7 Å². The van der Waals surface area contributed by atoms with E-state index in [1.165, 1.54) is 0 Å². The first-order valence-corrected chi connectivity index (χ1v) is 8.00. The van der Waals surface area contributed by atoms with E-state index in [2.05, 4.69) is 10.6 Å². The quantitative estimate of drug-likeness (QED) is 0.683. The number of benzene rings is 3. The highest BCUT2D eigenvalue weighted by Crippen LogP contribution is 2.26. The van der Waals surface area contributed by atoms with Gasteiger partial charge in [0.05, 0.1) is 16.8 Å². The Bertz CT molecular complexity index is 951. The van der Waals surface area contributed by atoms with Gasteiger partial charge in [-0.2, -0.15) is 0 Å². The second-order valence-electron chi connectivity index (χ2n) is 5.58. The Labute approximate surface area is 145 Å². The van der Waals surface area contributed by atoms with Crippen molar-refractivity contribution in [1.82, 2.24) is 5.32 Å². The number of anilines is 1. The molecule has 5 nitrogen and oxygen atoms in total. The van der Waals surface area contributed by atoms with Gasteiger partial charge in [0.1, 0.15) is 5.75 Å². The molecule has 0 aliphatic heterocycles. The minimum Gasteiger partial charge on any atom is -0.507 e. The first-order valence-electron chi connectivity index (χ1n) is 8.00. The van der Waals surface area contributed by atoms with Crippen LogP contribution in [0.4, 0.5) is 5.69 Å². The summed E-state index contributed by atoms with van der Waals surface area (Å²) in [4.78, 5) is 24.7. The maximum atomic E-state index is 12.6. The van der Waals surface area contributed by atoms with Gasteiger partial charge in [0.25, 0.3) is 11.8 Å². The molecule has 0 spiro atoms. The monoisotopic (exact) mass is 334 g/mol. The molecule has 0 radical (unpaired) electrons. The van der Waals surface area contributed by atoms with E-state index < -0.39 is 5.91 Å². The molecule has 5 heteroatoms. The van der Waals surface area contributed by atoms with Gasteiger partial charge >= 0.3 is 0 Å². The predicted molar refractivity (Wildman–Crippen MR) is 98.0 cm³/mol. The summed E-state index contributed by atoms with van der Waals surface area (Å²) in [5, 5.41) is 17.3. The number of hydrogen-bond acceptors (Lipinski definition) is 3. The normalized spacial score (nSPS) is 10.4. The number of phenolic OH excluding ortho intramolecular Hbond substituents is 1. The maximum absolute atomic E-state index is 12.6. The third-order valence-electron chi connectivity index (χ3n) is 3.87. The van der Waals surface area contributed by atoms with Crippen molar-refractivity contribution in [2.24, 2.45) is 0 Å². The largest absolute Gasteiger partial charge is 0.507 e. The standard InChI is InChI=1S/C20H18N2O3/c1-2-21-19(24)15-9-5-6-10-17(15)22-20(25)16-11-13-7-3-4-8-14(13)12-18(16)23/h3-12,23H,2H2,1H3,(H,21,24)(H,22,25). The van der Waals surface area contributed by atoms with E-state index in [4.69, 9.17) is 0 Å². The molecule has 3 rings (SSSR count). The molecule has 3 N–H and O–H groups in total. The molecule has 2 amide bonds. The molecule has 25 heavy (non-hydrogen) atoms. The fourth-order valence-electron chi connectivity index (χ4n) is 2.65. The highest BCUT2D eigenvalue weighted by Gasteiger charge is 2.16. The second kappa shape index (κ2) is 7.05. The average Bonchev–Trinajstić information content (AvgIpc) is 2.61. The molecular weight excluding hydrogens is 316 g/mol. The van der Waals surface area contributed by atoms with Gasteiger partial charge in [0.15, 0.2) is 0 Å². The number of aromatic hydroxyl groups is 1. The van der Waals surface area contributed by atoms with E-state index in [0.717, 1.165) is 10.8 Å². The zero-order valence-electron chi connectivity index (χ0n) is 13.7. The number of rotatable bonds is 4. The van der Waals surface area contributed by atoms with E-state index in [-0.39, 0.29) is 17.2 Å². The molecule has 3 aromatic rings. The van der Waals surface area contributed by atoms with Gasteiger partial charge in [-0.15, -0.1) is 0 Å². The Morgan fingerprint density at radius 1 is 0.880 bits per heavy atom. The summed E-state index contributed by atoms with van der Waals surface area (Å²) in [5.74, 6) is -0.840. The number of carbonyl (C=O) groups is 2. The Kier molecular flexibility index (Phi) is 4.66. The van der Waals surface area contributed by atoms with Crippen LogP contribution in [0.25, 0.3) is 10.8 Å². The Morgan fingerprint density at radius 3 is 2.24 bits per heavy atom. The highest BCUT2D eigenvalue weighted by atomic mass is 16.3. The van der Waals surface area contributed by atoms with Crippen molar-refractivity contribution in [3.8, 4) is 5.75 Å². The smallest absolute Gasteiger partial charge is 0.259 e. The van der Waals surface area contributed by atoms with Crippen LogP contribution in [0.2, 0.25) is 0 Å². The fourth-order valence-corrected chi connectivity index (χ4v) is 2.65. The lowest BCUT2D eigenvalue weighted by Gasteiger charge is -2.12. The highest BCUT2D eigenvalue weighted by molar-refractivity contribution is 6.11. The molecule has 3 aromatic carbocycles. The zero-order chi connectivity index (χ0) is 17.8. The Morgan fingerprint density at radius 2 is 1.52 bits per heavy atom. The van der Waals surface area contributed by atoms with Crippen LogP contribution in [0.1, 0.15) is 27.6 Å². The van der Waals surface area contributed by atoms with Crippen LogP contribution in [0, 0.1) is 0 Å². The molecule has 0 aliphatic rings. The van der Waals surface area contributed by atoms with Crippen molar-refractivity contribution < 1.29 is 14.7 Å². The summed E-state index contributed by atoms with van der Waals surface area (Å²) in [6, 6.07) is 17.4. The van der Waals surface area contributed by atoms with Crippen molar-refractivity contribution in [3.05, 3.63) is 71.8 Å². The molecule has 0 unspecified atom stereocenters. The molecule has 0 fully saturated rings. The molecule has 0 atom stereocenters. The van der Waals surface area contributed by atoms with Crippen LogP contribution in [0.3, 0.4) is 0 Å². The molecule has 0 saturated carbocycles. The van der Waals surface area contributed by atoms with Crippen LogP contribution in [-0.4, -0.2) is 23.5 Å². The minimum absolute atomic E-state index is 0.105. The summed E-state index contributed by atoms with van der Waals surface area (Å²) in [6.07, 6.45) is 0. The fraction of sp³-hybridized carbons (Fsp3) is 0.100. The van der Waals surface area contributed by atoms with Crippen molar-refractivity contribution in [1.29, 1.82) is 0 Å². The number of hydrogen-bond donors (Lipinski definition) is 3. The summed E-state index contributed by atoms with van der Waals surface area (Å²) in [7, 11) is 0. The number of carbonyl (C=O) groups excluding carboxylic acids is 2. The number of nitrogens with one attached hydrogen (secondary N) is 2. The topological polar surface area (TPSA) is 78.4 Å². The van der Waals surface area contributed by atoms with Gasteiger partial charge in [0.2, 0.25) is 0 Å². The van der Waals surface area contributed by atoms with Crippen molar-refractivity contribution in [2.45, 2.75) is 6.92 Å². The van der Waals surface area contributed by atoms with Crippen molar-refractivity contribution in [2.75, 3.05) is 11.9 Å². The van der Waals surface area contributed by atoms with Crippen LogP contribution in [0.15, 0.2) is 60.7 Å². The summed E-state index contributed by atoms with van der Waals surface area (Å²) in [6.45, 7) is 2.32. The first-order chi connectivity index (χ1) is 12.1. The van der Waals surface area contributed by atoms with E-state index in [1.54, 1.807) is 36.4 Å². The number of fused-ring (bicyclic) bond motifs is 1. The SMILES string of the molecule is CCNC(=O)c1ccccc1NC(=O)c1cc2ccccc2cc1O. The molecule has 0 bridgehead atoms. The molecule has 0 aliphatic carbocycles. The minimum atomic E-state index is -0.472. The van der Waals surface area contributed by atoms with Gasteiger partial charge in [-0.25, -0.2) is 0 Å². The molecule has 0 saturated heterocycles. The lowest BCUT2D eigenvalue weighted by molar-refractivity contribution is 0.0956. The molecule has 0 aromatic heterocycles. The average molecular weight is 334 g/mol. The number of para-hydroxylation sites is 1. The lowest BCUT2D eigenvalue weighted by Crippen LogP contribution is -2.24. The third kappa shape index (κ3) is 3.45. The Balaban J connectivity index is 1.93. The first kappa shape index (κ1) is 16.5. The molecular formula is C20H18N2O3. The predicted octanol–water partition coefficient (Wildman–Crippen LogP) is 3.55. The van der Waals surface area contributed by atoms with Crippen molar-refractivity contribution >= 4 is 28.3 Å². The summed E-state index contributed by atoms with van der Waals surface area (Å²) >= 11 is 0. The van der Waals surface area contributed by atoms with E-state index >= 15 is 0 Å². The number of amides is 2. The van der Waals surface area contributed by atoms with Gasteiger partial charge in [-0.1, -0.05) is 36.4 Å². The summed E-state index contributed by atoms with van der Waals surface area (Å²) < 4.78 is 0. The van der Waals surface area contributed by atoms with Crippen LogP contribution in [0.5, 0.6) is 5.75 Å². The van der Waals surface area contributed by atoms with Crippen LogP contribution >= 0.6 is 0 Å². The second-order valence-corrected chi connectivity index (χ2v) is 5.58. The summed E-state index contributed by atoms with van der Waals surface area (Å²) in [5.41, 5.74) is 0.924. The van der Waals surface area contributed by atoms with E-state index in [1.807, 2.05) is 31.2 Å². The van der Waals surface area contributed by atoms with Gasteiger partial charge in [-0.05, 0) is 42.0 Å². The van der Waals surface area contributed by atoms with Crippen LogP contribution < -0.4 is 10.6 Å². The van der Waals surface area contributed by atoms with Gasteiger partial charge in [-0.3, -0.25) is 9.59 Å². The number of phenols is 1. The van der Waals surface area contributed by atoms with Gasteiger partial charge in [0, 0.05) is 6.54 Å². The lowest BCUT2D eigenvalue weighted by atomic mass is 10.0. The van der Waals surface area contributed by atoms with E-state index in [0.29, 0.717) is 17.8 Å². The molecule has 0 heterocycles. The maximum Gasteiger partial charge on any atom is 0.259 e. The third-order valence-corrected chi connectivity index (χ3v) is 3.87. The molecule has 126 valence electrons. The Hall–Kier alpha value is -3.34.